The summed E-state index contributed by atoms with van der Waals surface area (Å²) < 4.78 is 4.81. The first-order valence-corrected chi connectivity index (χ1v) is 7.06. The van der Waals surface area contributed by atoms with Crippen molar-refractivity contribution in [3.63, 3.8) is 0 Å². The summed E-state index contributed by atoms with van der Waals surface area (Å²) in [5.74, 6) is -0.305. The smallest absolute Gasteiger partial charge is 0.338 e. The van der Waals surface area contributed by atoms with Crippen molar-refractivity contribution in [3.8, 4) is 5.75 Å². The Morgan fingerprint density at radius 3 is 2.50 bits per heavy atom. The molecule has 0 saturated heterocycles. The van der Waals surface area contributed by atoms with Gasteiger partial charge in [0.2, 0.25) is 0 Å². The molecule has 0 saturated carbocycles. The van der Waals surface area contributed by atoms with Crippen molar-refractivity contribution in [3.05, 3.63) is 77.4 Å². The van der Waals surface area contributed by atoms with Crippen molar-refractivity contribution in [2.75, 3.05) is 7.11 Å². The highest BCUT2D eigenvalue weighted by Gasteiger charge is 2.15. The summed E-state index contributed by atoms with van der Waals surface area (Å²) in [6.45, 7) is 0. The van der Waals surface area contributed by atoms with Crippen LogP contribution in [0.15, 0.2) is 60.7 Å². The van der Waals surface area contributed by atoms with Gasteiger partial charge in [-0.25, -0.2) is 4.79 Å². The molecule has 3 rings (SSSR count). The van der Waals surface area contributed by atoms with Gasteiger partial charge in [-0.3, -0.25) is 0 Å². The number of aromatic hydroxyl groups is 1. The van der Waals surface area contributed by atoms with E-state index < -0.39 is 5.97 Å². The topological polar surface area (TPSA) is 46.5 Å². The lowest BCUT2D eigenvalue weighted by Gasteiger charge is -2.11. The number of methoxy groups -OCH3 is 1. The molecule has 0 heterocycles. The molecule has 3 heteroatoms. The van der Waals surface area contributed by atoms with E-state index in [1.54, 1.807) is 12.1 Å². The van der Waals surface area contributed by atoms with Crippen molar-refractivity contribution in [1.82, 2.24) is 0 Å². The van der Waals surface area contributed by atoms with E-state index in [9.17, 15) is 9.90 Å². The quantitative estimate of drug-likeness (QED) is 0.744. The minimum Gasteiger partial charge on any atom is -0.507 e. The fraction of sp³-hybridized carbons (Fsp3) is 0.105. The molecule has 1 N–H and O–H groups in total. The zero-order valence-corrected chi connectivity index (χ0v) is 12.2. The number of hydrogen-bond donors (Lipinski definition) is 1. The second-order valence-corrected chi connectivity index (χ2v) is 5.13. The van der Waals surface area contributed by atoms with Crippen LogP contribution in [-0.4, -0.2) is 18.2 Å². The Kier molecular flexibility index (Phi) is 3.79. The average molecular weight is 292 g/mol. The maximum absolute atomic E-state index is 11.9. The molecule has 3 aromatic rings. The maximum atomic E-state index is 11.9. The van der Waals surface area contributed by atoms with Crippen LogP contribution in [0.3, 0.4) is 0 Å². The Bertz CT molecular complexity index is 823. The summed E-state index contributed by atoms with van der Waals surface area (Å²) in [5, 5.41) is 12.0. The second kappa shape index (κ2) is 5.90. The summed E-state index contributed by atoms with van der Waals surface area (Å²) in [4.78, 5) is 11.9. The molecule has 0 fully saturated rings. The zero-order valence-electron chi connectivity index (χ0n) is 12.2. The van der Waals surface area contributed by atoms with E-state index in [2.05, 4.69) is 0 Å². The molecule has 0 spiro atoms. The molecule has 0 radical (unpaired) electrons. The van der Waals surface area contributed by atoms with Gasteiger partial charge in [-0.1, -0.05) is 54.6 Å². The zero-order chi connectivity index (χ0) is 15.5. The van der Waals surface area contributed by atoms with E-state index >= 15 is 0 Å². The third kappa shape index (κ3) is 2.53. The van der Waals surface area contributed by atoms with Crippen molar-refractivity contribution in [2.24, 2.45) is 0 Å². The van der Waals surface area contributed by atoms with Gasteiger partial charge in [-0.2, -0.15) is 0 Å². The molecule has 0 bridgehead atoms. The Hall–Kier alpha value is -2.81. The maximum Gasteiger partial charge on any atom is 0.338 e. The first-order chi connectivity index (χ1) is 10.7. The monoisotopic (exact) mass is 292 g/mol. The highest BCUT2D eigenvalue weighted by atomic mass is 16.5. The minimum absolute atomic E-state index is 0.141. The second-order valence-electron chi connectivity index (χ2n) is 5.13. The van der Waals surface area contributed by atoms with Gasteiger partial charge in [-0.05, 0) is 22.6 Å². The number of benzene rings is 3. The standard InChI is InChI=1S/C19H16O3/c1-22-19(21)16-9-5-8-14-10-11-15(18(20)17(14)16)12-13-6-3-2-4-7-13/h2-11,20H,12H2,1H3. The Balaban J connectivity index is 2.14. The molecule has 3 aromatic carbocycles. The van der Waals surface area contributed by atoms with E-state index in [4.69, 9.17) is 4.74 Å². The molecule has 0 unspecified atom stereocenters. The predicted molar refractivity (Wildman–Crippen MR) is 86.2 cm³/mol. The molecule has 3 nitrogen and oxygen atoms in total. The van der Waals surface area contributed by atoms with Gasteiger partial charge in [0.1, 0.15) is 5.75 Å². The van der Waals surface area contributed by atoms with Crippen LogP contribution in [-0.2, 0) is 11.2 Å². The van der Waals surface area contributed by atoms with Gasteiger partial charge in [-0.15, -0.1) is 0 Å². The highest BCUT2D eigenvalue weighted by Crippen LogP contribution is 2.33. The predicted octanol–water partition coefficient (Wildman–Crippen LogP) is 3.92. The van der Waals surface area contributed by atoms with Gasteiger partial charge in [0.25, 0.3) is 0 Å². The molecule has 0 atom stereocenters. The first-order valence-electron chi connectivity index (χ1n) is 7.06. The third-order valence-electron chi connectivity index (χ3n) is 3.74. The molecule has 0 aliphatic heterocycles. The van der Waals surface area contributed by atoms with E-state index in [0.29, 0.717) is 17.4 Å². The summed E-state index contributed by atoms with van der Waals surface area (Å²) in [7, 11) is 1.34. The minimum atomic E-state index is -0.447. The lowest BCUT2D eigenvalue weighted by molar-refractivity contribution is 0.0602. The van der Waals surface area contributed by atoms with Crippen LogP contribution in [0, 0.1) is 0 Å². The van der Waals surface area contributed by atoms with Crippen LogP contribution in [0.5, 0.6) is 5.75 Å². The van der Waals surface area contributed by atoms with Crippen LogP contribution in [0.1, 0.15) is 21.5 Å². The van der Waals surface area contributed by atoms with E-state index in [0.717, 1.165) is 16.5 Å². The van der Waals surface area contributed by atoms with Gasteiger partial charge < -0.3 is 9.84 Å². The number of carbonyl (C=O) groups excluding carboxylic acids is 1. The van der Waals surface area contributed by atoms with Crippen LogP contribution in [0.4, 0.5) is 0 Å². The van der Waals surface area contributed by atoms with Crippen LogP contribution >= 0.6 is 0 Å². The van der Waals surface area contributed by atoms with Gasteiger partial charge in [0.15, 0.2) is 0 Å². The first kappa shape index (κ1) is 14.1. The SMILES string of the molecule is COC(=O)c1cccc2ccc(Cc3ccccc3)c(O)c12. The normalized spacial score (nSPS) is 10.6. The van der Waals surface area contributed by atoms with Crippen molar-refractivity contribution in [2.45, 2.75) is 6.42 Å². The number of esters is 1. The van der Waals surface area contributed by atoms with Crippen LogP contribution in [0.2, 0.25) is 0 Å². The number of ether oxygens (including phenoxy) is 1. The number of fused-ring (bicyclic) bond motifs is 1. The number of rotatable bonds is 3. The van der Waals surface area contributed by atoms with E-state index in [1.807, 2.05) is 48.5 Å². The average Bonchev–Trinajstić information content (AvgIpc) is 2.57. The Morgan fingerprint density at radius 2 is 1.77 bits per heavy atom. The number of hydrogen-bond acceptors (Lipinski definition) is 3. The lowest BCUT2D eigenvalue weighted by Crippen LogP contribution is -2.02. The summed E-state index contributed by atoms with van der Waals surface area (Å²) in [6.07, 6.45) is 0.609. The van der Waals surface area contributed by atoms with Crippen molar-refractivity contribution >= 4 is 16.7 Å². The fourth-order valence-electron chi connectivity index (χ4n) is 2.64. The van der Waals surface area contributed by atoms with E-state index in [1.165, 1.54) is 7.11 Å². The van der Waals surface area contributed by atoms with Gasteiger partial charge >= 0.3 is 5.97 Å². The molecule has 110 valence electrons. The molecular weight excluding hydrogens is 276 g/mol. The number of carbonyl (C=O) groups is 1. The molecule has 0 aliphatic carbocycles. The summed E-state index contributed by atoms with van der Waals surface area (Å²) in [6, 6.07) is 19.0. The number of phenols is 1. The molecule has 0 amide bonds. The van der Waals surface area contributed by atoms with Crippen LogP contribution in [0.25, 0.3) is 10.8 Å². The van der Waals surface area contributed by atoms with Gasteiger partial charge in [0, 0.05) is 11.8 Å². The lowest BCUT2D eigenvalue weighted by atomic mass is 9.97. The molecule has 22 heavy (non-hydrogen) atoms. The molecule has 0 aliphatic rings. The van der Waals surface area contributed by atoms with Crippen molar-refractivity contribution in [1.29, 1.82) is 0 Å². The highest BCUT2D eigenvalue weighted by molar-refractivity contribution is 6.07. The Labute approximate surface area is 128 Å². The fourth-order valence-corrected chi connectivity index (χ4v) is 2.64. The van der Waals surface area contributed by atoms with E-state index in [-0.39, 0.29) is 5.75 Å². The largest absolute Gasteiger partial charge is 0.507 e. The van der Waals surface area contributed by atoms with Gasteiger partial charge in [0.05, 0.1) is 12.7 Å². The molecular formula is C19H16O3. The summed E-state index contributed by atoms with van der Waals surface area (Å²) in [5.41, 5.74) is 2.27. The third-order valence-corrected chi connectivity index (χ3v) is 3.74. The summed E-state index contributed by atoms with van der Waals surface area (Å²) >= 11 is 0. The van der Waals surface area contributed by atoms with Crippen LogP contribution < -0.4 is 0 Å². The molecule has 0 aromatic heterocycles. The Morgan fingerprint density at radius 1 is 1.00 bits per heavy atom. The number of phenolic OH excluding ortho intramolecular Hbond substituents is 1. The van der Waals surface area contributed by atoms with Crippen molar-refractivity contribution < 1.29 is 14.6 Å².